The van der Waals surface area contributed by atoms with Gasteiger partial charge >= 0.3 is 0 Å². The fraction of sp³-hybridized carbons (Fsp3) is 0. The standard InChI is InChI=1S/C10H6BrN3O3S/c11-8-9(15)12-5-13-10(8)18-7-4-2-1-3-6(7)14(16)17/h1-5H,(H,12,13,15). The highest BCUT2D eigenvalue weighted by molar-refractivity contribution is 9.10. The second-order valence-electron chi connectivity index (χ2n) is 3.18. The van der Waals surface area contributed by atoms with E-state index in [2.05, 4.69) is 25.9 Å². The molecule has 0 amide bonds. The van der Waals surface area contributed by atoms with Crippen molar-refractivity contribution in [3.63, 3.8) is 0 Å². The van der Waals surface area contributed by atoms with Crippen LogP contribution in [0, 0.1) is 10.1 Å². The summed E-state index contributed by atoms with van der Waals surface area (Å²) in [5.41, 5.74) is -0.345. The topological polar surface area (TPSA) is 88.9 Å². The van der Waals surface area contributed by atoms with Crippen LogP contribution in [0.4, 0.5) is 5.69 Å². The number of hydrogen-bond donors (Lipinski definition) is 1. The van der Waals surface area contributed by atoms with E-state index in [0.717, 1.165) is 11.8 Å². The van der Waals surface area contributed by atoms with Crippen molar-refractivity contribution in [1.82, 2.24) is 9.97 Å². The minimum atomic E-state index is -0.469. The van der Waals surface area contributed by atoms with Crippen molar-refractivity contribution in [2.24, 2.45) is 0 Å². The van der Waals surface area contributed by atoms with Crippen LogP contribution in [0.3, 0.4) is 0 Å². The predicted octanol–water partition coefficient (Wildman–Crippen LogP) is 2.59. The first-order chi connectivity index (χ1) is 8.59. The summed E-state index contributed by atoms with van der Waals surface area (Å²) >= 11 is 4.17. The number of aromatic amines is 1. The zero-order valence-corrected chi connectivity index (χ0v) is 11.2. The van der Waals surface area contributed by atoms with E-state index < -0.39 is 4.92 Å². The van der Waals surface area contributed by atoms with Crippen molar-refractivity contribution in [2.75, 3.05) is 0 Å². The van der Waals surface area contributed by atoms with E-state index in [9.17, 15) is 14.9 Å². The number of para-hydroxylation sites is 1. The van der Waals surface area contributed by atoms with Crippen LogP contribution in [0.1, 0.15) is 0 Å². The van der Waals surface area contributed by atoms with Crippen LogP contribution in [-0.4, -0.2) is 14.9 Å². The lowest BCUT2D eigenvalue weighted by molar-refractivity contribution is -0.387. The first-order valence-electron chi connectivity index (χ1n) is 4.74. The molecule has 0 saturated carbocycles. The van der Waals surface area contributed by atoms with Crippen molar-refractivity contribution >= 4 is 33.4 Å². The largest absolute Gasteiger partial charge is 0.312 e. The van der Waals surface area contributed by atoms with E-state index in [1.54, 1.807) is 18.2 Å². The molecular formula is C10H6BrN3O3S. The van der Waals surface area contributed by atoms with Gasteiger partial charge in [-0.25, -0.2) is 4.98 Å². The molecule has 2 aromatic rings. The second kappa shape index (κ2) is 5.32. The minimum Gasteiger partial charge on any atom is -0.312 e. The zero-order chi connectivity index (χ0) is 13.1. The normalized spacial score (nSPS) is 10.3. The Labute approximate surface area is 114 Å². The van der Waals surface area contributed by atoms with Gasteiger partial charge in [-0.05, 0) is 22.0 Å². The molecule has 1 aromatic carbocycles. The number of hydrogen-bond acceptors (Lipinski definition) is 5. The third-order valence-corrected chi connectivity index (χ3v) is 4.10. The van der Waals surface area contributed by atoms with Crippen LogP contribution < -0.4 is 5.56 Å². The number of nitrogens with one attached hydrogen (secondary N) is 1. The number of nitro benzene ring substituents is 1. The molecule has 0 spiro atoms. The molecule has 0 radical (unpaired) electrons. The van der Waals surface area contributed by atoms with Crippen LogP contribution in [0.15, 0.2) is 49.8 Å². The van der Waals surface area contributed by atoms with E-state index in [-0.39, 0.29) is 15.7 Å². The first kappa shape index (κ1) is 12.8. The van der Waals surface area contributed by atoms with Crippen LogP contribution >= 0.6 is 27.7 Å². The molecule has 8 heteroatoms. The van der Waals surface area contributed by atoms with Gasteiger partial charge < -0.3 is 4.98 Å². The molecule has 0 fully saturated rings. The number of rotatable bonds is 3. The molecule has 92 valence electrons. The Bertz CT molecular complexity index is 659. The average molecular weight is 328 g/mol. The van der Waals surface area contributed by atoms with E-state index in [0.29, 0.717) is 9.92 Å². The van der Waals surface area contributed by atoms with Gasteiger partial charge in [0.1, 0.15) is 9.50 Å². The highest BCUT2D eigenvalue weighted by Crippen LogP contribution is 2.35. The predicted molar refractivity (Wildman–Crippen MR) is 69.8 cm³/mol. The first-order valence-corrected chi connectivity index (χ1v) is 6.35. The van der Waals surface area contributed by atoms with Crippen molar-refractivity contribution in [3.8, 4) is 0 Å². The van der Waals surface area contributed by atoms with Gasteiger partial charge in [-0.15, -0.1) is 0 Å². The van der Waals surface area contributed by atoms with Crippen molar-refractivity contribution < 1.29 is 4.92 Å². The van der Waals surface area contributed by atoms with Gasteiger partial charge in [-0.1, -0.05) is 23.9 Å². The van der Waals surface area contributed by atoms with Gasteiger partial charge in [-0.3, -0.25) is 14.9 Å². The molecule has 0 atom stereocenters. The maximum Gasteiger partial charge on any atom is 0.283 e. The Morgan fingerprint density at radius 1 is 1.39 bits per heavy atom. The lowest BCUT2D eigenvalue weighted by Gasteiger charge is -2.02. The van der Waals surface area contributed by atoms with Crippen LogP contribution in [-0.2, 0) is 0 Å². The van der Waals surface area contributed by atoms with Gasteiger partial charge in [-0.2, -0.15) is 0 Å². The summed E-state index contributed by atoms with van der Waals surface area (Å²) in [4.78, 5) is 28.6. The minimum absolute atomic E-state index is 0.0171. The Morgan fingerprint density at radius 2 is 2.11 bits per heavy atom. The fourth-order valence-electron chi connectivity index (χ4n) is 1.24. The van der Waals surface area contributed by atoms with Crippen LogP contribution in [0.25, 0.3) is 0 Å². The Balaban J connectivity index is 2.43. The quantitative estimate of drug-likeness (QED) is 0.531. The number of aromatic nitrogens is 2. The number of halogens is 1. The smallest absolute Gasteiger partial charge is 0.283 e. The van der Waals surface area contributed by atoms with Gasteiger partial charge in [0.05, 0.1) is 16.1 Å². The average Bonchev–Trinajstić information content (AvgIpc) is 2.35. The molecular weight excluding hydrogens is 322 g/mol. The number of benzene rings is 1. The molecule has 0 aliphatic rings. The van der Waals surface area contributed by atoms with E-state index >= 15 is 0 Å². The third-order valence-electron chi connectivity index (χ3n) is 2.03. The summed E-state index contributed by atoms with van der Waals surface area (Å²) in [6.07, 6.45) is 1.25. The van der Waals surface area contributed by atoms with Gasteiger partial charge in [0.2, 0.25) is 0 Å². The fourth-order valence-corrected chi connectivity index (χ4v) is 2.59. The molecule has 0 aliphatic heterocycles. The molecule has 18 heavy (non-hydrogen) atoms. The molecule has 1 heterocycles. The molecule has 1 aromatic heterocycles. The van der Waals surface area contributed by atoms with E-state index in [4.69, 9.17) is 0 Å². The molecule has 0 unspecified atom stereocenters. The molecule has 0 bridgehead atoms. The summed E-state index contributed by atoms with van der Waals surface area (Å²) in [5, 5.41) is 11.2. The summed E-state index contributed by atoms with van der Waals surface area (Å²) in [7, 11) is 0. The Morgan fingerprint density at radius 3 is 2.83 bits per heavy atom. The van der Waals surface area contributed by atoms with Crippen LogP contribution in [0.5, 0.6) is 0 Å². The third kappa shape index (κ3) is 2.59. The summed E-state index contributed by atoms with van der Waals surface area (Å²) in [6, 6.07) is 6.29. The van der Waals surface area contributed by atoms with E-state index in [1.807, 2.05) is 0 Å². The highest BCUT2D eigenvalue weighted by atomic mass is 79.9. The molecule has 1 N–H and O–H groups in total. The molecule has 2 rings (SSSR count). The second-order valence-corrected chi connectivity index (χ2v) is 5.00. The van der Waals surface area contributed by atoms with Crippen molar-refractivity contribution in [1.29, 1.82) is 0 Å². The SMILES string of the molecule is O=c1[nH]cnc(Sc2ccccc2[N+](=O)[O-])c1Br. The number of H-pyrrole nitrogens is 1. The Kier molecular flexibility index (Phi) is 3.78. The summed E-state index contributed by atoms with van der Waals surface area (Å²) in [6.45, 7) is 0. The highest BCUT2D eigenvalue weighted by Gasteiger charge is 2.16. The maximum absolute atomic E-state index is 11.4. The summed E-state index contributed by atoms with van der Waals surface area (Å²) < 4.78 is 0.258. The lowest BCUT2D eigenvalue weighted by atomic mass is 10.3. The maximum atomic E-state index is 11.4. The van der Waals surface area contributed by atoms with Crippen LogP contribution in [0.2, 0.25) is 0 Å². The lowest BCUT2D eigenvalue weighted by Crippen LogP contribution is -2.07. The monoisotopic (exact) mass is 327 g/mol. The molecule has 6 nitrogen and oxygen atoms in total. The summed E-state index contributed by atoms with van der Waals surface area (Å²) in [5.74, 6) is 0. The van der Waals surface area contributed by atoms with Gasteiger partial charge in [0.15, 0.2) is 0 Å². The zero-order valence-electron chi connectivity index (χ0n) is 8.79. The van der Waals surface area contributed by atoms with Crippen molar-refractivity contribution in [2.45, 2.75) is 9.92 Å². The number of nitrogens with zero attached hydrogens (tertiary/aromatic N) is 2. The molecule has 0 saturated heterocycles. The Hall–Kier alpha value is -1.67. The number of nitro groups is 1. The van der Waals surface area contributed by atoms with E-state index in [1.165, 1.54) is 12.4 Å². The molecule has 0 aliphatic carbocycles. The van der Waals surface area contributed by atoms with Gasteiger partial charge in [0.25, 0.3) is 11.2 Å². The van der Waals surface area contributed by atoms with Crippen molar-refractivity contribution in [3.05, 3.63) is 55.5 Å². The van der Waals surface area contributed by atoms with Gasteiger partial charge in [0, 0.05) is 6.07 Å².